The molecule has 0 atom stereocenters. The van der Waals surface area contributed by atoms with Crippen LogP contribution in [-0.2, 0) is 32.1 Å². The van der Waals surface area contributed by atoms with Gasteiger partial charge in [0.05, 0.1) is 28.5 Å². The highest BCUT2D eigenvalue weighted by atomic mass is 14.8. The van der Waals surface area contributed by atoms with Gasteiger partial charge in [-0.2, -0.15) is 0 Å². The van der Waals surface area contributed by atoms with Crippen molar-refractivity contribution in [3.05, 3.63) is 260 Å². The zero-order chi connectivity index (χ0) is 59.0. The Morgan fingerprint density at radius 1 is 0.241 bits per heavy atom. The van der Waals surface area contributed by atoms with Crippen molar-refractivity contribution in [1.82, 2.24) is 24.9 Å². The second kappa shape index (κ2) is 22.2. The van der Waals surface area contributed by atoms with Crippen molar-refractivity contribution in [2.45, 2.75) is 157 Å². The minimum Gasteiger partial charge on any atom is -0.257 e. The standard InChI is InChI=1S/3C16H17N.2C15H15N/c1-9-5-6-14-13(7-9)8-15-16(14)11(3)10(2)12(4)17-15;1-9-5-6-13-8-15-16(14(13)7-9)11(3)10(2)12(4)17-15;1-9-6-5-7-13-8-14-16(15(9)13)11(3)10(2)12(4)17-14;1-9-4-5-13-12(6-9)8-15-14(13)7-10(2)11(3)16-15;1-9-5-4-6-12-13(9)8-15-14(12)7-10(2)11(3)16-15/h3*5-7H,8H2,1-4H3;2*4-7H,8H2,1-3H3. The minimum absolute atomic E-state index is 0.993. The van der Waals surface area contributed by atoms with Gasteiger partial charge in [-0.25, -0.2) is 0 Å². The fraction of sp³-hybridized carbons (Fsp3) is 0.295. The van der Waals surface area contributed by atoms with Crippen molar-refractivity contribution in [1.29, 1.82) is 0 Å². The second-order valence-electron chi connectivity index (χ2n) is 24.7. The molecule has 5 heterocycles. The summed E-state index contributed by atoms with van der Waals surface area (Å²) < 4.78 is 0. The maximum Gasteiger partial charge on any atom is 0.0532 e. The predicted molar refractivity (Wildman–Crippen MR) is 348 cm³/mol. The van der Waals surface area contributed by atoms with Gasteiger partial charge in [-0.05, 0) is 248 Å². The van der Waals surface area contributed by atoms with Gasteiger partial charge < -0.3 is 0 Å². The van der Waals surface area contributed by atoms with E-state index in [4.69, 9.17) is 24.9 Å². The average Bonchev–Trinajstić information content (AvgIpc) is 3.37. The Hall–Kier alpha value is -8.15. The lowest BCUT2D eigenvalue weighted by Crippen LogP contribution is -1.98. The Morgan fingerprint density at radius 3 is 1.27 bits per heavy atom. The molecule has 0 amide bonds. The summed E-state index contributed by atoms with van der Waals surface area (Å²) in [6.45, 7) is 38.8. The highest BCUT2D eigenvalue weighted by molar-refractivity contribution is 5.83. The van der Waals surface area contributed by atoms with Crippen molar-refractivity contribution in [2.24, 2.45) is 0 Å². The monoisotopic (exact) mass is 1090 g/mol. The van der Waals surface area contributed by atoms with E-state index >= 15 is 0 Å². The molecule has 5 aromatic heterocycles. The average molecular weight is 1090 g/mol. The van der Waals surface area contributed by atoms with Crippen LogP contribution in [-0.4, -0.2) is 24.9 Å². The molecule has 0 N–H and O–H groups in total. The lowest BCUT2D eigenvalue weighted by atomic mass is 9.95. The van der Waals surface area contributed by atoms with E-state index in [-0.39, 0.29) is 0 Å². The highest BCUT2D eigenvalue weighted by Gasteiger charge is 2.28. The summed E-state index contributed by atoms with van der Waals surface area (Å²) in [5.74, 6) is 0. The zero-order valence-corrected chi connectivity index (χ0v) is 52.6. The molecule has 5 aliphatic carbocycles. The Morgan fingerprint density at radius 2 is 0.663 bits per heavy atom. The number of hydrogen-bond acceptors (Lipinski definition) is 5. The van der Waals surface area contributed by atoms with E-state index in [1.165, 1.54) is 201 Å². The first-order valence-electron chi connectivity index (χ1n) is 29.9. The van der Waals surface area contributed by atoms with Gasteiger partial charge in [0.15, 0.2) is 0 Å². The molecule has 0 fully saturated rings. The first kappa shape index (κ1) is 56.7. The maximum absolute atomic E-state index is 4.77. The van der Waals surface area contributed by atoms with Crippen LogP contribution in [0.1, 0.15) is 157 Å². The van der Waals surface area contributed by atoms with Crippen LogP contribution in [0.4, 0.5) is 0 Å². The summed E-state index contributed by atoms with van der Waals surface area (Å²) in [6, 6.07) is 37.8. The molecule has 5 aromatic carbocycles. The van der Waals surface area contributed by atoms with Gasteiger partial charge >= 0.3 is 0 Å². The largest absolute Gasteiger partial charge is 0.257 e. The Kier molecular flexibility index (Phi) is 15.2. The van der Waals surface area contributed by atoms with Crippen molar-refractivity contribution in [3.8, 4) is 55.6 Å². The van der Waals surface area contributed by atoms with Crippen molar-refractivity contribution >= 4 is 0 Å². The maximum atomic E-state index is 4.77. The van der Waals surface area contributed by atoms with E-state index in [0.29, 0.717) is 0 Å². The molecule has 0 saturated heterocycles. The van der Waals surface area contributed by atoms with Gasteiger partial charge in [-0.15, -0.1) is 0 Å². The Labute approximate surface area is 494 Å². The van der Waals surface area contributed by atoms with Crippen LogP contribution >= 0.6 is 0 Å². The molecule has 0 radical (unpaired) electrons. The van der Waals surface area contributed by atoms with E-state index in [1.807, 2.05) is 0 Å². The molecule has 0 aliphatic heterocycles. The molecule has 5 nitrogen and oxygen atoms in total. The van der Waals surface area contributed by atoms with Crippen molar-refractivity contribution in [2.75, 3.05) is 0 Å². The van der Waals surface area contributed by atoms with Crippen molar-refractivity contribution in [3.63, 3.8) is 0 Å². The molecule has 15 rings (SSSR count). The third kappa shape index (κ3) is 10.5. The van der Waals surface area contributed by atoms with Crippen LogP contribution < -0.4 is 0 Å². The number of fused-ring (bicyclic) bond motifs is 15. The SMILES string of the molecule is Cc1cc2c(nc1C)Cc1c(C)cccc1-2.Cc1ccc2c(c1)-c1c(nc(C)c(C)c1C)C2.Cc1ccc2c(c1)Cc1nc(C)c(C)c(C)c1-2.Cc1ccc2c(c1)Cc1nc(C)c(C)cc1-2.Cc1cccc2c1-c1c(nc(C)c(C)c1C)C2. The predicted octanol–water partition coefficient (Wildman–Crippen LogP) is 18.8. The summed E-state index contributed by atoms with van der Waals surface area (Å²) in [6.07, 6.45) is 4.97. The number of pyridine rings is 5. The van der Waals surface area contributed by atoms with Crippen LogP contribution in [0.15, 0.2) is 103 Å². The number of aryl methyl sites for hydroxylation is 12. The lowest BCUT2D eigenvalue weighted by Gasteiger charge is -2.12. The van der Waals surface area contributed by atoms with E-state index in [2.05, 4.69) is 228 Å². The fourth-order valence-corrected chi connectivity index (χ4v) is 13.4. The molecule has 0 unspecified atom stereocenters. The Balaban J connectivity index is 0.000000109. The zero-order valence-electron chi connectivity index (χ0n) is 52.6. The molecule has 5 aliphatic rings. The molecule has 83 heavy (non-hydrogen) atoms. The quantitative estimate of drug-likeness (QED) is 0.151. The second-order valence-corrected chi connectivity index (χ2v) is 24.7. The van der Waals surface area contributed by atoms with E-state index < -0.39 is 0 Å². The number of rotatable bonds is 0. The smallest absolute Gasteiger partial charge is 0.0532 e. The van der Waals surface area contributed by atoms with Crippen LogP contribution in [0.5, 0.6) is 0 Å². The van der Waals surface area contributed by atoms with Crippen LogP contribution in [0.25, 0.3) is 55.6 Å². The topological polar surface area (TPSA) is 64.5 Å². The van der Waals surface area contributed by atoms with Gasteiger partial charge in [0.25, 0.3) is 0 Å². The molecule has 10 aromatic rings. The van der Waals surface area contributed by atoms with Crippen LogP contribution in [0, 0.1) is 125 Å². The van der Waals surface area contributed by atoms with Crippen LogP contribution in [0.2, 0.25) is 0 Å². The summed E-state index contributed by atoms with van der Waals surface area (Å²) in [5, 5.41) is 0. The number of aromatic nitrogens is 5. The first-order valence-corrected chi connectivity index (χ1v) is 29.9. The summed E-state index contributed by atoms with van der Waals surface area (Å²) in [5.41, 5.74) is 50.5. The third-order valence-electron chi connectivity index (χ3n) is 19.0. The molecular formula is C78H81N5. The van der Waals surface area contributed by atoms with Gasteiger partial charge in [0, 0.05) is 88.4 Å². The van der Waals surface area contributed by atoms with Gasteiger partial charge in [0.2, 0.25) is 0 Å². The van der Waals surface area contributed by atoms with Crippen LogP contribution in [0.3, 0.4) is 0 Å². The van der Waals surface area contributed by atoms with E-state index in [1.54, 1.807) is 0 Å². The molecule has 418 valence electrons. The van der Waals surface area contributed by atoms with Crippen molar-refractivity contribution < 1.29 is 0 Å². The number of benzene rings is 5. The molecule has 0 spiro atoms. The summed E-state index contributed by atoms with van der Waals surface area (Å²) in [4.78, 5) is 23.7. The summed E-state index contributed by atoms with van der Waals surface area (Å²) >= 11 is 0. The molecule has 0 saturated carbocycles. The van der Waals surface area contributed by atoms with Gasteiger partial charge in [-0.1, -0.05) is 108 Å². The third-order valence-corrected chi connectivity index (χ3v) is 19.0. The van der Waals surface area contributed by atoms with E-state index in [9.17, 15) is 0 Å². The number of hydrogen-bond donors (Lipinski definition) is 0. The molecule has 5 heteroatoms. The molecule has 0 bridgehead atoms. The highest BCUT2D eigenvalue weighted by Crippen LogP contribution is 2.44. The van der Waals surface area contributed by atoms with E-state index in [0.717, 1.165) is 43.5 Å². The van der Waals surface area contributed by atoms with Gasteiger partial charge in [-0.3, -0.25) is 24.9 Å². The lowest BCUT2D eigenvalue weighted by molar-refractivity contribution is 1.04. The summed E-state index contributed by atoms with van der Waals surface area (Å²) in [7, 11) is 0. The fourth-order valence-electron chi connectivity index (χ4n) is 13.4. The normalized spacial score (nSPS) is 12.5. The van der Waals surface area contributed by atoms with Gasteiger partial charge in [0.1, 0.15) is 0 Å². The Bertz CT molecular complexity index is 4320. The minimum atomic E-state index is 0.993. The molecular weight excluding hydrogens is 1010 g/mol. The number of nitrogens with zero attached hydrogens (tertiary/aromatic N) is 5. The first-order chi connectivity index (χ1) is 39.6.